The Bertz CT molecular complexity index is 474. The zero-order valence-corrected chi connectivity index (χ0v) is 14.2. The van der Waals surface area contributed by atoms with Crippen LogP contribution in [0.25, 0.3) is 0 Å². The number of allylic oxidation sites excluding steroid dienone is 1. The summed E-state index contributed by atoms with van der Waals surface area (Å²) in [6.45, 7) is 7.17. The van der Waals surface area contributed by atoms with Crippen LogP contribution >= 0.6 is 11.3 Å². The molecule has 3 N–H and O–H groups in total. The van der Waals surface area contributed by atoms with Crippen molar-refractivity contribution < 1.29 is 14.6 Å². The molecule has 1 heterocycles. The van der Waals surface area contributed by atoms with Crippen LogP contribution in [0.3, 0.4) is 0 Å². The normalized spacial score (nSPS) is 12.8. The lowest BCUT2D eigenvalue weighted by Crippen LogP contribution is -2.35. The van der Waals surface area contributed by atoms with Crippen LogP contribution in [0, 0.1) is 0 Å². The molecule has 1 atom stereocenters. The van der Waals surface area contributed by atoms with E-state index in [4.69, 9.17) is 4.74 Å². The van der Waals surface area contributed by atoms with Crippen LogP contribution in [0.2, 0.25) is 0 Å². The van der Waals surface area contributed by atoms with E-state index in [1.54, 1.807) is 0 Å². The lowest BCUT2D eigenvalue weighted by molar-refractivity contribution is 0.0958. The summed E-state index contributed by atoms with van der Waals surface area (Å²) in [7, 11) is 0. The molecule has 0 bridgehead atoms. The van der Waals surface area contributed by atoms with E-state index in [1.807, 2.05) is 32.9 Å². The predicted octanol–water partition coefficient (Wildman–Crippen LogP) is 1.58. The van der Waals surface area contributed by atoms with E-state index in [1.165, 1.54) is 17.5 Å². The first-order valence-electron chi connectivity index (χ1n) is 7.42. The second kappa shape index (κ2) is 10.3. The fourth-order valence-electron chi connectivity index (χ4n) is 1.55. The average Bonchev–Trinajstić information content (AvgIpc) is 2.96. The molecule has 1 unspecified atom stereocenters. The van der Waals surface area contributed by atoms with Gasteiger partial charge in [0.2, 0.25) is 0 Å². The van der Waals surface area contributed by atoms with Crippen molar-refractivity contribution in [2.75, 3.05) is 19.7 Å². The SMILES string of the molecule is C/C=C\CCNC(=O)c1cnc(OCC(O)CNC(C)C)s1. The molecular formula is C15H25N3O3S. The van der Waals surface area contributed by atoms with Crippen LogP contribution in [0.1, 0.15) is 36.9 Å². The number of carbonyl (C=O) groups excluding carboxylic acids is 1. The van der Waals surface area contributed by atoms with Crippen LogP contribution < -0.4 is 15.4 Å². The summed E-state index contributed by atoms with van der Waals surface area (Å²) in [5, 5.41) is 16.1. The zero-order valence-electron chi connectivity index (χ0n) is 13.3. The quantitative estimate of drug-likeness (QED) is 0.449. The third-order valence-corrected chi connectivity index (χ3v) is 3.61. The molecule has 1 aromatic rings. The Labute approximate surface area is 135 Å². The maximum absolute atomic E-state index is 11.9. The van der Waals surface area contributed by atoms with Gasteiger partial charge in [0.15, 0.2) is 0 Å². The van der Waals surface area contributed by atoms with Gasteiger partial charge in [0, 0.05) is 19.1 Å². The van der Waals surface area contributed by atoms with E-state index in [9.17, 15) is 9.90 Å². The van der Waals surface area contributed by atoms with Crippen LogP contribution in [0.15, 0.2) is 18.3 Å². The summed E-state index contributed by atoms with van der Waals surface area (Å²) < 4.78 is 5.40. The van der Waals surface area contributed by atoms with Crippen molar-refractivity contribution in [3.63, 3.8) is 0 Å². The van der Waals surface area contributed by atoms with E-state index in [-0.39, 0.29) is 12.5 Å². The van der Waals surface area contributed by atoms with Gasteiger partial charge in [-0.15, -0.1) is 0 Å². The van der Waals surface area contributed by atoms with E-state index in [0.29, 0.717) is 29.2 Å². The molecule has 0 aromatic carbocycles. The number of aliphatic hydroxyl groups is 1. The van der Waals surface area contributed by atoms with E-state index in [2.05, 4.69) is 15.6 Å². The fourth-order valence-corrected chi connectivity index (χ4v) is 2.24. The van der Waals surface area contributed by atoms with Crippen molar-refractivity contribution in [1.29, 1.82) is 0 Å². The molecule has 0 saturated heterocycles. The minimum atomic E-state index is -0.607. The monoisotopic (exact) mass is 327 g/mol. The minimum absolute atomic E-state index is 0.148. The first kappa shape index (κ1) is 18.6. The van der Waals surface area contributed by atoms with Crippen molar-refractivity contribution in [2.45, 2.75) is 39.3 Å². The first-order chi connectivity index (χ1) is 10.5. The molecule has 0 aliphatic heterocycles. The molecule has 7 heteroatoms. The lowest BCUT2D eigenvalue weighted by Gasteiger charge is -2.13. The topological polar surface area (TPSA) is 83.5 Å². The second-order valence-corrected chi connectivity index (χ2v) is 6.12. The number of thiazole rings is 1. The molecule has 124 valence electrons. The van der Waals surface area contributed by atoms with Gasteiger partial charge in [-0.1, -0.05) is 37.3 Å². The molecule has 1 rings (SSSR count). The number of ether oxygens (including phenoxy) is 1. The first-order valence-corrected chi connectivity index (χ1v) is 8.24. The molecule has 0 radical (unpaired) electrons. The van der Waals surface area contributed by atoms with Gasteiger partial charge in [-0.2, -0.15) is 0 Å². The van der Waals surface area contributed by atoms with Gasteiger partial charge in [0.05, 0.1) is 6.20 Å². The number of nitrogens with zero attached hydrogens (tertiary/aromatic N) is 1. The van der Waals surface area contributed by atoms with Crippen molar-refractivity contribution in [3.8, 4) is 5.19 Å². The van der Waals surface area contributed by atoms with Crippen molar-refractivity contribution in [1.82, 2.24) is 15.6 Å². The largest absolute Gasteiger partial charge is 0.467 e. The number of hydrogen-bond acceptors (Lipinski definition) is 6. The second-order valence-electron chi connectivity index (χ2n) is 5.13. The van der Waals surface area contributed by atoms with Gasteiger partial charge in [-0.25, -0.2) is 4.98 Å². The molecular weight excluding hydrogens is 302 g/mol. The number of amides is 1. The summed E-state index contributed by atoms with van der Waals surface area (Å²) in [5.74, 6) is -0.154. The third-order valence-electron chi connectivity index (χ3n) is 2.70. The highest BCUT2D eigenvalue weighted by atomic mass is 32.1. The maximum atomic E-state index is 11.9. The molecule has 0 saturated carbocycles. The summed E-state index contributed by atoms with van der Waals surface area (Å²) in [6.07, 6.45) is 5.63. The van der Waals surface area contributed by atoms with Crippen molar-refractivity contribution in [2.24, 2.45) is 0 Å². The Balaban J connectivity index is 2.32. The molecule has 1 amide bonds. The summed E-state index contributed by atoms with van der Waals surface area (Å²) in [6, 6.07) is 0.312. The molecule has 0 aliphatic rings. The Hall–Kier alpha value is -1.44. The number of rotatable bonds is 10. The summed E-state index contributed by atoms with van der Waals surface area (Å²) >= 11 is 1.18. The fraction of sp³-hybridized carbons (Fsp3) is 0.600. The highest BCUT2D eigenvalue weighted by molar-refractivity contribution is 7.15. The Morgan fingerprint density at radius 2 is 2.32 bits per heavy atom. The summed E-state index contributed by atoms with van der Waals surface area (Å²) in [5.41, 5.74) is 0. The Kier molecular flexibility index (Phi) is 8.72. The van der Waals surface area contributed by atoms with Gasteiger partial charge in [-0.05, 0) is 13.3 Å². The number of hydrogen-bond donors (Lipinski definition) is 3. The summed E-state index contributed by atoms with van der Waals surface area (Å²) in [4.78, 5) is 16.4. The number of nitrogens with one attached hydrogen (secondary N) is 2. The molecule has 0 fully saturated rings. The van der Waals surface area contributed by atoms with Gasteiger partial charge in [0.25, 0.3) is 11.1 Å². The smallest absolute Gasteiger partial charge is 0.273 e. The van der Waals surface area contributed by atoms with E-state index < -0.39 is 6.10 Å². The van der Waals surface area contributed by atoms with Gasteiger partial charge in [-0.3, -0.25) is 4.79 Å². The third kappa shape index (κ3) is 7.53. The van der Waals surface area contributed by atoms with Crippen molar-refractivity contribution in [3.05, 3.63) is 23.2 Å². The molecule has 0 aliphatic carbocycles. The molecule has 22 heavy (non-hydrogen) atoms. The van der Waals surface area contributed by atoms with E-state index in [0.717, 1.165) is 6.42 Å². The zero-order chi connectivity index (χ0) is 16.4. The lowest BCUT2D eigenvalue weighted by atomic mass is 10.3. The highest BCUT2D eigenvalue weighted by Gasteiger charge is 2.12. The van der Waals surface area contributed by atoms with Gasteiger partial charge >= 0.3 is 0 Å². The van der Waals surface area contributed by atoms with Crippen LogP contribution in [-0.4, -0.2) is 47.8 Å². The molecule has 6 nitrogen and oxygen atoms in total. The molecule has 1 aromatic heterocycles. The average molecular weight is 327 g/mol. The Morgan fingerprint density at radius 1 is 1.55 bits per heavy atom. The highest BCUT2D eigenvalue weighted by Crippen LogP contribution is 2.20. The predicted molar refractivity (Wildman–Crippen MR) is 88.5 cm³/mol. The van der Waals surface area contributed by atoms with Crippen LogP contribution in [0.5, 0.6) is 5.19 Å². The van der Waals surface area contributed by atoms with Crippen LogP contribution in [-0.2, 0) is 0 Å². The van der Waals surface area contributed by atoms with Gasteiger partial charge in [0.1, 0.15) is 17.6 Å². The number of aliphatic hydroxyl groups excluding tert-OH is 1. The molecule has 0 spiro atoms. The minimum Gasteiger partial charge on any atom is -0.467 e. The Morgan fingerprint density at radius 3 is 3.00 bits per heavy atom. The van der Waals surface area contributed by atoms with Crippen LogP contribution in [0.4, 0.5) is 0 Å². The standard InChI is InChI=1S/C15H25N3O3S/c1-4-5-6-7-16-14(20)13-9-18-15(22-13)21-10-12(19)8-17-11(2)3/h4-5,9,11-12,17,19H,6-8,10H2,1-3H3,(H,16,20)/b5-4-. The maximum Gasteiger partial charge on any atom is 0.273 e. The van der Waals surface area contributed by atoms with Crippen molar-refractivity contribution >= 4 is 17.2 Å². The van der Waals surface area contributed by atoms with Gasteiger partial charge < -0.3 is 20.5 Å². The number of carbonyl (C=O) groups is 1. The van der Waals surface area contributed by atoms with E-state index >= 15 is 0 Å². The number of aromatic nitrogens is 1.